The van der Waals surface area contributed by atoms with Gasteiger partial charge in [-0.1, -0.05) is 47.6 Å². The predicted octanol–water partition coefficient (Wildman–Crippen LogP) is 4.71. The quantitative estimate of drug-likeness (QED) is 0.470. The first-order valence-corrected chi connectivity index (χ1v) is 11.3. The van der Waals surface area contributed by atoms with Gasteiger partial charge < -0.3 is 14.7 Å². The molecule has 3 aromatic carbocycles. The zero-order chi connectivity index (χ0) is 23.9. The van der Waals surface area contributed by atoms with Gasteiger partial charge in [0.25, 0.3) is 0 Å². The minimum Gasteiger partial charge on any atom is -0.491 e. The Bertz CT molecular complexity index is 1120. The van der Waals surface area contributed by atoms with Crippen molar-refractivity contribution in [3.05, 3.63) is 101 Å². The van der Waals surface area contributed by atoms with Crippen LogP contribution in [0, 0.1) is 18.6 Å². The van der Waals surface area contributed by atoms with Crippen LogP contribution in [0.2, 0.25) is 0 Å². The Balaban J connectivity index is 1.38. The minimum absolute atomic E-state index is 0.132. The standard InChI is InChI=1S/C27H28F2N2O3/c1-19-5-2-3-8-27(19)33-18-24(32)16-31(15-20-6-4-7-23(29)13-20)17-25-14-26(30-34-25)21-9-11-22(28)12-10-21/h2-13,24-25,32H,14-18H2,1H3/t24-,25+/m1/s1. The third-order valence-corrected chi connectivity index (χ3v) is 5.66. The second-order valence-electron chi connectivity index (χ2n) is 8.53. The lowest BCUT2D eigenvalue weighted by molar-refractivity contribution is 0.0212. The van der Waals surface area contributed by atoms with Crippen molar-refractivity contribution in [1.29, 1.82) is 0 Å². The first kappa shape index (κ1) is 23.9. The second-order valence-corrected chi connectivity index (χ2v) is 8.53. The fourth-order valence-electron chi connectivity index (χ4n) is 3.98. The maximum atomic E-state index is 13.7. The molecule has 0 aliphatic carbocycles. The molecule has 178 valence electrons. The van der Waals surface area contributed by atoms with Gasteiger partial charge in [0.2, 0.25) is 0 Å². The number of rotatable bonds is 10. The van der Waals surface area contributed by atoms with Crippen molar-refractivity contribution in [3.8, 4) is 5.75 Å². The van der Waals surface area contributed by atoms with Gasteiger partial charge >= 0.3 is 0 Å². The molecular weight excluding hydrogens is 438 g/mol. The van der Waals surface area contributed by atoms with Gasteiger partial charge in [-0.3, -0.25) is 4.90 Å². The molecule has 1 aliphatic heterocycles. The molecule has 1 N–H and O–H groups in total. The van der Waals surface area contributed by atoms with Gasteiger partial charge in [-0.05, 0) is 53.9 Å². The summed E-state index contributed by atoms with van der Waals surface area (Å²) in [5.41, 5.74) is 3.35. The number of hydrogen-bond acceptors (Lipinski definition) is 5. The van der Waals surface area contributed by atoms with Crippen LogP contribution in [0.5, 0.6) is 5.75 Å². The first-order chi connectivity index (χ1) is 16.5. The smallest absolute Gasteiger partial charge is 0.145 e. The number of ether oxygens (including phenoxy) is 1. The average Bonchev–Trinajstić information content (AvgIpc) is 3.27. The molecule has 0 bridgehead atoms. The molecule has 7 heteroatoms. The van der Waals surface area contributed by atoms with Crippen LogP contribution in [0.25, 0.3) is 0 Å². The summed E-state index contributed by atoms with van der Waals surface area (Å²) in [5, 5.41) is 14.9. The lowest BCUT2D eigenvalue weighted by atomic mass is 10.0. The summed E-state index contributed by atoms with van der Waals surface area (Å²) in [6.45, 7) is 3.31. The Morgan fingerprint density at radius 3 is 2.62 bits per heavy atom. The van der Waals surface area contributed by atoms with Crippen LogP contribution in [-0.2, 0) is 11.4 Å². The van der Waals surface area contributed by atoms with E-state index >= 15 is 0 Å². The van der Waals surface area contributed by atoms with Crippen LogP contribution >= 0.6 is 0 Å². The molecule has 5 nitrogen and oxygen atoms in total. The van der Waals surface area contributed by atoms with E-state index < -0.39 is 6.10 Å². The molecule has 34 heavy (non-hydrogen) atoms. The highest BCUT2D eigenvalue weighted by Crippen LogP contribution is 2.20. The zero-order valence-electron chi connectivity index (χ0n) is 19.0. The van der Waals surface area contributed by atoms with E-state index in [0.717, 1.165) is 28.2 Å². The Morgan fingerprint density at radius 1 is 1.06 bits per heavy atom. The average molecular weight is 467 g/mol. The van der Waals surface area contributed by atoms with Gasteiger partial charge in [-0.15, -0.1) is 0 Å². The fraction of sp³-hybridized carbons (Fsp3) is 0.296. The number of aryl methyl sites for hydroxylation is 1. The number of benzene rings is 3. The molecule has 3 aromatic rings. The molecule has 0 radical (unpaired) electrons. The van der Waals surface area contributed by atoms with E-state index in [1.54, 1.807) is 18.2 Å². The van der Waals surface area contributed by atoms with E-state index in [9.17, 15) is 13.9 Å². The summed E-state index contributed by atoms with van der Waals surface area (Å²) in [4.78, 5) is 7.64. The third kappa shape index (κ3) is 6.62. The van der Waals surface area contributed by atoms with E-state index in [-0.39, 0.29) is 24.3 Å². The highest BCUT2D eigenvalue weighted by Gasteiger charge is 2.26. The normalized spacial score (nSPS) is 16.3. The molecule has 1 aliphatic rings. The van der Waals surface area contributed by atoms with Crippen molar-refractivity contribution < 1.29 is 23.5 Å². The van der Waals surface area contributed by atoms with E-state index in [4.69, 9.17) is 9.57 Å². The van der Waals surface area contributed by atoms with Gasteiger partial charge in [-0.25, -0.2) is 8.78 Å². The number of para-hydroxylation sites is 1. The molecule has 0 spiro atoms. The van der Waals surface area contributed by atoms with Gasteiger partial charge in [0.1, 0.15) is 36.2 Å². The molecule has 0 saturated heterocycles. The molecule has 0 saturated carbocycles. The summed E-state index contributed by atoms with van der Waals surface area (Å²) in [5.74, 6) is 0.123. The maximum Gasteiger partial charge on any atom is 0.145 e. The minimum atomic E-state index is -0.757. The molecule has 0 unspecified atom stereocenters. The number of hydrogen-bond donors (Lipinski definition) is 1. The summed E-state index contributed by atoms with van der Waals surface area (Å²) in [6, 6.07) is 20.2. The SMILES string of the molecule is Cc1ccccc1OC[C@H](O)CN(Cc1cccc(F)c1)C[C@@H]1CC(c2ccc(F)cc2)=NO1. The predicted molar refractivity (Wildman–Crippen MR) is 127 cm³/mol. The fourth-order valence-corrected chi connectivity index (χ4v) is 3.98. The molecule has 0 amide bonds. The van der Waals surface area contributed by atoms with Crippen molar-refractivity contribution in [2.24, 2.45) is 5.16 Å². The van der Waals surface area contributed by atoms with Gasteiger partial charge in [0.15, 0.2) is 0 Å². The molecule has 4 rings (SSSR count). The van der Waals surface area contributed by atoms with E-state index in [2.05, 4.69) is 5.16 Å². The van der Waals surface area contributed by atoms with Gasteiger partial charge in [0.05, 0.1) is 5.71 Å². The van der Waals surface area contributed by atoms with Crippen molar-refractivity contribution in [2.75, 3.05) is 19.7 Å². The second kappa shape index (κ2) is 11.2. The summed E-state index contributed by atoms with van der Waals surface area (Å²) in [6.07, 6.45) is -0.439. The van der Waals surface area contributed by atoms with Crippen molar-refractivity contribution >= 4 is 5.71 Å². The summed E-state index contributed by atoms with van der Waals surface area (Å²) in [7, 11) is 0. The van der Waals surface area contributed by atoms with Gasteiger partial charge in [0, 0.05) is 26.1 Å². The summed E-state index contributed by atoms with van der Waals surface area (Å²) >= 11 is 0. The molecule has 0 aromatic heterocycles. The highest BCUT2D eigenvalue weighted by molar-refractivity contribution is 6.01. The Morgan fingerprint density at radius 2 is 1.85 bits per heavy atom. The monoisotopic (exact) mass is 466 g/mol. The third-order valence-electron chi connectivity index (χ3n) is 5.66. The zero-order valence-corrected chi connectivity index (χ0v) is 19.0. The van der Waals surface area contributed by atoms with E-state index in [1.807, 2.05) is 42.2 Å². The van der Waals surface area contributed by atoms with Crippen LogP contribution < -0.4 is 4.74 Å². The number of halogens is 2. The van der Waals surface area contributed by atoms with Crippen LogP contribution in [0.4, 0.5) is 8.78 Å². The topological polar surface area (TPSA) is 54.3 Å². The van der Waals surface area contributed by atoms with Crippen molar-refractivity contribution in [3.63, 3.8) is 0 Å². The first-order valence-electron chi connectivity index (χ1n) is 11.3. The van der Waals surface area contributed by atoms with E-state index in [0.29, 0.717) is 26.1 Å². The number of nitrogens with zero attached hydrogens (tertiary/aromatic N) is 2. The van der Waals surface area contributed by atoms with E-state index in [1.165, 1.54) is 24.3 Å². The number of aliphatic hydroxyl groups is 1. The molecule has 2 atom stereocenters. The van der Waals surface area contributed by atoms with Crippen LogP contribution in [0.1, 0.15) is 23.1 Å². The van der Waals surface area contributed by atoms with Crippen LogP contribution in [0.3, 0.4) is 0 Å². The van der Waals surface area contributed by atoms with Crippen LogP contribution in [0.15, 0.2) is 78.0 Å². The van der Waals surface area contributed by atoms with Crippen molar-refractivity contribution in [1.82, 2.24) is 4.90 Å². The Hall–Kier alpha value is -3.29. The number of aliphatic hydroxyl groups excluding tert-OH is 1. The molecule has 0 fully saturated rings. The van der Waals surface area contributed by atoms with Crippen molar-refractivity contribution in [2.45, 2.75) is 32.1 Å². The highest BCUT2D eigenvalue weighted by atomic mass is 19.1. The Kier molecular flexibility index (Phi) is 7.87. The summed E-state index contributed by atoms with van der Waals surface area (Å²) < 4.78 is 32.8. The Labute approximate surface area is 198 Å². The maximum absolute atomic E-state index is 13.7. The van der Waals surface area contributed by atoms with Gasteiger partial charge in [-0.2, -0.15) is 0 Å². The number of oxime groups is 1. The lowest BCUT2D eigenvalue weighted by Crippen LogP contribution is -2.39. The lowest BCUT2D eigenvalue weighted by Gasteiger charge is -2.27. The molecular formula is C27H28F2N2O3. The van der Waals surface area contributed by atoms with Crippen LogP contribution in [-0.4, -0.2) is 47.6 Å². The molecule has 1 heterocycles. The largest absolute Gasteiger partial charge is 0.491 e.